The predicted molar refractivity (Wildman–Crippen MR) is 128 cm³/mol. The van der Waals surface area contributed by atoms with Crippen molar-refractivity contribution in [2.45, 2.75) is 13.0 Å². The fraction of sp³-hybridized carbons (Fsp3) is 0.115. The van der Waals surface area contributed by atoms with Gasteiger partial charge in [0.05, 0.1) is 28.9 Å². The lowest BCUT2D eigenvalue weighted by Crippen LogP contribution is -2.31. The topological polar surface area (TPSA) is 79.7 Å². The van der Waals surface area contributed by atoms with Crippen molar-refractivity contribution in [2.75, 3.05) is 12.0 Å². The van der Waals surface area contributed by atoms with Gasteiger partial charge in [-0.25, -0.2) is 4.98 Å². The van der Waals surface area contributed by atoms with Crippen LogP contribution in [0.1, 0.15) is 27.5 Å². The molecule has 0 radical (unpaired) electrons. The van der Waals surface area contributed by atoms with E-state index in [9.17, 15) is 14.7 Å². The first kappa shape index (κ1) is 20.9. The molecule has 3 aromatic carbocycles. The second kappa shape index (κ2) is 8.18. The second-order valence-corrected chi connectivity index (χ2v) is 8.78. The van der Waals surface area contributed by atoms with E-state index in [2.05, 4.69) is 4.98 Å². The molecule has 33 heavy (non-hydrogen) atoms. The van der Waals surface area contributed by atoms with Crippen molar-refractivity contribution in [1.82, 2.24) is 4.98 Å². The van der Waals surface area contributed by atoms with Crippen molar-refractivity contribution >= 4 is 38.4 Å². The van der Waals surface area contributed by atoms with Gasteiger partial charge in [-0.05, 0) is 36.8 Å². The van der Waals surface area contributed by atoms with Gasteiger partial charge in [-0.3, -0.25) is 14.5 Å². The highest BCUT2D eigenvalue weighted by Gasteiger charge is 2.45. The van der Waals surface area contributed by atoms with E-state index in [1.807, 2.05) is 43.3 Å². The first-order valence-corrected chi connectivity index (χ1v) is 11.2. The van der Waals surface area contributed by atoms with Crippen LogP contribution < -0.4 is 9.64 Å². The van der Waals surface area contributed by atoms with Gasteiger partial charge in [0.15, 0.2) is 16.7 Å². The summed E-state index contributed by atoms with van der Waals surface area (Å²) >= 11 is 1.34. The smallest absolute Gasteiger partial charge is 0.296 e. The molecule has 0 saturated heterocycles. The Morgan fingerprint density at radius 2 is 1.73 bits per heavy atom. The van der Waals surface area contributed by atoms with Gasteiger partial charge < -0.3 is 9.84 Å². The minimum atomic E-state index is -0.822. The Morgan fingerprint density at radius 3 is 2.39 bits per heavy atom. The number of nitrogens with zero attached hydrogens (tertiary/aromatic N) is 2. The molecule has 1 N–H and O–H groups in total. The molecule has 0 saturated carbocycles. The maximum absolute atomic E-state index is 13.5. The summed E-state index contributed by atoms with van der Waals surface area (Å²) in [6.45, 7) is 1.93. The summed E-state index contributed by atoms with van der Waals surface area (Å²) in [5.74, 6) is -0.953. The molecule has 1 aliphatic heterocycles. The van der Waals surface area contributed by atoms with Crippen LogP contribution in [0, 0.1) is 6.92 Å². The van der Waals surface area contributed by atoms with Gasteiger partial charge in [-0.15, -0.1) is 0 Å². The Bertz CT molecular complexity index is 1370. The van der Waals surface area contributed by atoms with E-state index in [0.717, 1.165) is 15.8 Å². The van der Waals surface area contributed by atoms with E-state index in [0.29, 0.717) is 22.0 Å². The number of amides is 1. The number of methoxy groups -OCH3 is 1. The van der Waals surface area contributed by atoms with E-state index in [1.165, 1.54) is 16.2 Å². The fourth-order valence-corrected chi connectivity index (χ4v) is 4.95. The van der Waals surface area contributed by atoms with Crippen LogP contribution in [0.4, 0.5) is 5.13 Å². The van der Waals surface area contributed by atoms with Crippen LogP contribution >= 0.6 is 11.3 Å². The van der Waals surface area contributed by atoms with Gasteiger partial charge in [-0.1, -0.05) is 65.4 Å². The quantitative estimate of drug-likeness (QED) is 0.407. The standard InChI is InChI=1S/C26H20N2O4S/c1-15-7-9-17(10-8-15)23(29)21-22(16-11-13-18(32-2)14-12-16)28(25(31)24(21)30)26-27-19-5-3-4-6-20(19)33-26/h3-14,22,30H,1-2H3. The summed E-state index contributed by atoms with van der Waals surface area (Å²) in [6, 6.07) is 20.9. The molecule has 4 aromatic rings. The summed E-state index contributed by atoms with van der Waals surface area (Å²) < 4.78 is 6.17. The number of Topliss-reactive ketones (excluding diaryl/α,β-unsaturated/α-hetero) is 1. The number of aliphatic hydroxyl groups excluding tert-OH is 1. The van der Waals surface area contributed by atoms with Crippen molar-refractivity contribution in [1.29, 1.82) is 0 Å². The average molecular weight is 457 g/mol. The number of anilines is 1. The highest BCUT2D eigenvalue weighted by atomic mass is 32.1. The Kier molecular flexibility index (Phi) is 5.18. The minimum Gasteiger partial charge on any atom is -0.503 e. The summed E-state index contributed by atoms with van der Waals surface area (Å²) in [5, 5.41) is 11.3. The van der Waals surface area contributed by atoms with Crippen LogP contribution in [0.5, 0.6) is 5.75 Å². The van der Waals surface area contributed by atoms with Crippen molar-refractivity contribution < 1.29 is 19.4 Å². The number of thiazole rings is 1. The van der Waals surface area contributed by atoms with E-state index in [1.54, 1.807) is 43.5 Å². The number of ether oxygens (including phenoxy) is 1. The molecule has 1 aromatic heterocycles. The molecule has 164 valence electrons. The molecule has 7 heteroatoms. The Morgan fingerprint density at radius 1 is 1.03 bits per heavy atom. The number of ketones is 1. The molecule has 6 nitrogen and oxygen atoms in total. The van der Waals surface area contributed by atoms with E-state index in [4.69, 9.17) is 4.74 Å². The number of para-hydroxylation sites is 1. The van der Waals surface area contributed by atoms with Crippen LogP contribution in [-0.2, 0) is 4.79 Å². The third-order valence-electron chi connectivity index (χ3n) is 5.69. The lowest BCUT2D eigenvalue weighted by atomic mass is 9.92. The number of hydrogen-bond donors (Lipinski definition) is 1. The van der Waals surface area contributed by atoms with E-state index >= 15 is 0 Å². The lowest BCUT2D eigenvalue weighted by Gasteiger charge is -2.24. The molecule has 1 atom stereocenters. The molecule has 0 fully saturated rings. The SMILES string of the molecule is COc1ccc(C2C(C(=O)c3ccc(C)cc3)=C(O)C(=O)N2c2nc3ccccc3s2)cc1. The zero-order valence-corrected chi connectivity index (χ0v) is 18.8. The summed E-state index contributed by atoms with van der Waals surface area (Å²) in [7, 11) is 1.57. The second-order valence-electron chi connectivity index (χ2n) is 7.77. The number of aliphatic hydroxyl groups is 1. The minimum absolute atomic E-state index is 0.0354. The maximum atomic E-state index is 13.5. The van der Waals surface area contributed by atoms with Crippen LogP contribution in [-0.4, -0.2) is 28.9 Å². The van der Waals surface area contributed by atoms with Crippen molar-refractivity contribution in [3.05, 3.63) is 101 Å². The molecule has 1 unspecified atom stereocenters. The van der Waals surface area contributed by atoms with Gasteiger partial charge in [0.1, 0.15) is 5.75 Å². The molecule has 0 bridgehead atoms. The number of rotatable bonds is 5. The number of hydrogen-bond acceptors (Lipinski definition) is 6. The number of benzene rings is 3. The van der Waals surface area contributed by atoms with Crippen LogP contribution in [0.15, 0.2) is 84.1 Å². The maximum Gasteiger partial charge on any atom is 0.296 e. The van der Waals surface area contributed by atoms with Crippen molar-refractivity contribution in [2.24, 2.45) is 0 Å². The fourth-order valence-electron chi connectivity index (χ4n) is 3.96. The molecule has 2 heterocycles. The summed E-state index contributed by atoms with van der Waals surface area (Å²) in [5.41, 5.74) is 2.86. The number of carbonyl (C=O) groups excluding carboxylic acids is 2. The van der Waals surface area contributed by atoms with Gasteiger partial charge >= 0.3 is 0 Å². The van der Waals surface area contributed by atoms with E-state index in [-0.39, 0.29) is 5.57 Å². The third-order valence-corrected chi connectivity index (χ3v) is 6.72. The average Bonchev–Trinajstić information content (AvgIpc) is 3.37. The van der Waals surface area contributed by atoms with Crippen molar-refractivity contribution in [3.63, 3.8) is 0 Å². The van der Waals surface area contributed by atoms with Crippen LogP contribution in [0.3, 0.4) is 0 Å². The number of carbonyl (C=O) groups is 2. The lowest BCUT2D eigenvalue weighted by molar-refractivity contribution is -0.117. The predicted octanol–water partition coefficient (Wildman–Crippen LogP) is 5.40. The van der Waals surface area contributed by atoms with Gasteiger partial charge in [0.2, 0.25) is 0 Å². The van der Waals surface area contributed by atoms with Gasteiger partial charge in [0.25, 0.3) is 5.91 Å². The molecule has 1 aliphatic rings. The Labute approximate surface area is 194 Å². The first-order chi connectivity index (χ1) is 16.0. The highest BCUT2D eigenvalue weighted by Crippen LogP contribution is 2.44. The number of fused-ring (bicyclic) bond motifs is 1. The van der Waals surface area contributed by atoms with Crippen molar-refractivity contribution in [3.8, 4) is 5.75 Å². The molecule has 1 amide bonds. The third kappa shape index (κ3) is 3.56. The normalized spacial score (nSPS) is 16.0. The molecule has 0 aliphatic carbocycles. The molecular weight excluding hydrogens is 436 g/mol. The summed E-state index contributed by atoms with van der Waals surface area (Å²) in [4.78, 5) is 32.9. The monoisotopic (exact) mass is 456 g/mol. The van der Waals surface area contributed by atoms with Gasteiger partial charge in [-0.2, -0.15) is 0 Å². The number of aryl methyl sites for hydroxylation is 1. The molecule has 0 spiro atoms. The Balaban J connectivity index is 1.66. The largest absolute Gasteiger partial charge is 0.503 e. The van der Waals surface area contributed by atoms with Gasteiger partial charge in [0, 0.05) is 5.56 Å². The first-order valence-electron chi connectivity index (χ1n) is 10.4. The Hall–Kier alpha value is -3.97. The van der Waals surface area contributed by atoms with Crippen LogP contribution in [0.2, 0.25) is 0 Å². The zero-order valence-electron chi connectivity index (χ0n) is 18.0. The highest BCUT2D eigenvalue weighted by molar-refractivity contribution is 7.22. The number of aromatic nitrogens is 1. The zero-order chi connectivity index (χ0) is 23.1. The van der Waals surface area contributed by atoms with Crippen LogP contribution in [0.25, 0.3) is 10.2 Å². The molecular formula is C26H20N2O4S. The van der Waals surface area contributed by atoms with E-state index < -0.39 is 23.5 Å². The molecule has 5 rings (SSSR count). The summed E-state index contributed by atoms with van der Waals surface area (Å²) in [6.07, 6.45) is 0.